The molecule has 7 nitrogen and oxygen atoms in total. The first kappa shape index (κ1) is 18.5. The summed E-state index contributed by atoms with van der Waals surface area (Å²) >= 11 is 0. The number of rotatable bonds is 7. The standard InChI is InChI=1S/C18H22N2O5/c1-10(2)6-16(21)20-14(18(19)23)7-11-8-17(22)25-15-9-12(24-3)4-5-13(11)15/h4-5,8-10,14H,6-7H2,1-3H3,(H2,19,23)(H,20,21)/t14-/m1/s1. The molecule has 0 saturated carbocycles. The summed E-state index contributed by atoms with van der Waals surface area (Å²) in [6, 6.07) is 5.46. The highest BCUT2D eigenvalue weighted by molar-refractivity contribution is 5.88. The monoisotopic (exact) mass is 346 g/mol. The van der Waals surface area contributed by atoms with Gasteiger partial charge in [-0.3, -0.25) is 9.59 Å². The number of methoxy groups -OCH3 is 1. The van der Waals surface area contributed by atoms with E-state index in [1.54, 1.807) is 18.2 Å². The lowest BCUT2D eigenvalue weighted by molar-refractivity contribution is -0.127. The van der Waals surface area contributed by atoms with E-state index in [2.05, 4.69) is 5.32 Å². The maximum atomic E-state index is 12.0. The zero-order valence-electron chi connectivity index (χ0n) is 14.5. The van der Waals surface area contributed by atoms with Crippen molar-refractivity contribution < 1.29 is 18.7 Å². The molecule has 0 aliphatic rings. The Morgan fingerprint density at radius 2 is 2.00 bits per heavy atom. The van der Waals surface area contributed by atoms with Crippen LogP contribution in [0.2, 0.25) is 0 Å². The van der Waals surface area contributed by atoms with Crippen LogP contribution < -0.4 is 21.4 Å². The molecule has 0 unspecified atom stereocenters. The summed E-state index contributed by atoms with van der Waals surface area (Å²) in [6.45, 7) is 3.81. The van der Waals surface area contributed by atoms with Crippen LogP contribution in [0.3, 0.4) is 0 Å². The number of nitrogens with one attached hydrogen (secondary N) is 1. The van der Waals surface area contributed by atoms with E-state index in [1.807, 2.05) is 13.8 Å². The van der Waals surface area contributed by atoms with Crippen molar-refractivity contribution in [2.75, 3.05) is 7.11 Å². The number of hydrogen-bond donors (Lipinski definition) is 2. The minimum absolute atomic E-state index is 0.105. The zero-order chi connectivity index (χ0) is 18.6. The highest BCUT2D eigenvalue weighted by Crippen LogP contribution is 2.23. The van der Waals surface area contributed by atoms with Crippen LogP contribution in [0.5, 0.6) is 5.75 Å². The molecule has 134 valence electrons. The highest BCUT2D eigenvalue weighted by Gasteiger charge is 2.21. The van der Waals surface area contributed by atoms with E-state index >= 15 is 0 Å². The lowest BCUT2D eigenvalue weighted by Crippen LogP contribution is -2.46. The molecule has 0 bridgehead atoms. The number of carbonyl (C=O) groups excluding carboxylic acids is 2. The number of fused-ring (bicyclic) bond motifs is 1. The van der Waals surface area contributed by atoms with Gasteiger partial charge in [0.2, 0.25) is 11.8 Å². The van der Waals surface area contributed by atoms with Crippen LogP contribution in [0.4, 0.5) is 0 Å². The Balaban J connectivity index is 2.34. The van der Waals surface area contributed by atoms with Gasteiger partial charge in [-0.05, 0) is 23.6 Å². The first-order valence-electron chi connectivity index (χ1n) is 7.99. The van der Waals surface area contributed by atoms with E-state index in [1.165, 1.54) is 13.2 Å². The normalized spacial score (nSPS) is 12.2. The summed E-state index contributed by atoms with van der Waals surface area (Å²) in [4.78, 5) is 35.5. The van der Waals surface area contributed by atoms with Gasteiger partial charge in [-0.25, -0.2) is 4.79 Å². The third kappa shape index (κ3) is 4.82. The Morgan fingerprint density at radius 1 is 1.28 bits per heavy atom. The molecule has 0 aliphatic heterocycles. The quantitative estimate of drug-likeness (QED) is 0.735. The fourth-order valence-electron chi connectivity index (χ4n) is 2.57. The fraction of sp³-hybridized carbons (Fsp3) is 0.389. The Kier molecular flexibility index (Phi) is 5.80. The van der Waals surface area contributed by atoms with Gasteiger partial charge in [0, 0.05) is 30.4 Å². The summed E-state index contributed by atoms with van der Waals surface area (Å²) in [7, 11) is 1.51. The third-order valence-corrected chi connectivity index (χ3v) is 3.73. The largest absolute Gasteiger partial charge is 0.497 e. The molecule has 1 atom stereocenters. The number of primary amides is 1. The van der Waals surface area contributed by atoms with Gasteiger partial charge < -0.3 is 20.2 Å². The van der Waals surface area contributed by atoms with Crippen LogP contribution in [0.15, 0.2) is 33.5 Å². The van der Waals surface area contributed by atoms with Gasteiger partial charge in [-0.1, -0.05) is 13.8 Å². The highest BCUT2D eigenvalue weighted by atomic mass is 16.5. The van der Waals surface area contributed by atoms with E-state index in [4.69, 9.17) is 14.9 Å². The topological polar surface area (TPSA) is 112 Å². The van der Waals surface area contributed by atoms with E-state index in [9.17, 15) is 14.4 Å². The molecule has 0 saturated heterocycles. The number of amides is 2. The zero-order valence-corrected chi connectivity index (χ0v) is 14.5. The predicted molar refractivity (Wildman–Crippen MR) is 93.3 cm³/mol. The van der Waals surface area contributed by atoms with Gasteiger partial charge in [0.1, 0.15) is 17.4 Å². The number of benzene rings is 1. The molecule has 2 amide bonds. The maximum Gasteiger partial charge on any atom is 0.336 e. The van der Waals surface area contributed by atoms with Crippen LogP contribution in [-0.2, 0) is 16.0 Å². The van der Waals surface area contributed by atoms with Gasteiger partial charge in [0.25, 0.3) is 0 Å². The number of carbonyl (C=O) groups is 2. The minimum Gasteiger partial charge on any atom is -0.497 e. The van der Waals surface area contributed by atoms with Crippen molar-refractivity contribution in [3.63, 3.8) is 0 Å². The molecule has 0 radical (unpaired) electrons. The maximum absolute atomic E-state index is 12.0. The Labute approximate surface area is 145 Å². The molecule has 1 aromatic carbocycles. The van der Waals surface area contributed by atoms with Crippen molar-refractivity contribution in [1.82, 2.24) is 5.32 Å². The van der Waals surface area contributed by atoms with Gasteiger partial charge >= 0.3 is 5.63 Å². The lowest BCUT2D eigenvalue weighted by Gasteiger charge is -2.17. The molecule has 25 heavy (non-hydrogen) atoms. The van der Waals surface area contributed by atoms with Gasteiger partial charge in [-0.15, -0.1) is 0 Å². The molecule has 1 heterocycles. The summed E-state index contributed by atoms with van der Waals surface area (Å²) in [5, 5.41) is 3.29. The molecule has 3 N–H and O–H groups in total. The fourth-order valence-corrected chi connectivity index (χ4v) is 2.57. The Morgan fingerprint density at radius 3 is 2.60 bits per heavy atom. The lowest BCUT2D eigenvalue weighted by atomic mass is 10.0. The van der Waals surface area contributed by atoms with Crippen LogP contribution in [-0.4, -0.2) is 25.0 Å². The Hall–Kier alpha value is -2.83. The average Bonchev–Trinajstić information content (AvgIpc) is 2.52. The molecule has 0 spiro atoms. The molecule has 0 fully saturated rings. The van der Waals surface area contributed by atoms with E-state index in [0.29, 0.717) is 28.7 Å². The molecular weight excluding hydrogens is 324 g/mol. The molecule has 2 rings (SSSR count). The minimum atomic E-state index is -0.904. The smallest absolute Gasteiger partial charge is 0.336 e. The van der Waals surface area contributed by atoms with Crippen molar-refractivity contribution >= 4 is 22.8 Å². The van der Waals surface area contributed by atoms with Crippen molar-refractivity contribution in [2.45, 2.75) is 32.7 Å². The summed E-state index contributed by atoms with van der Waals surface area (Å²) in [5.41, 5.74) is 5.79. The Bertz CT molecular complexity index is 841. The second-order valence-electron chi connectivity index (χ2n) is 6.28. The number of ether oxygens (including phenoxy) is 1. The van der Waals surface area contributed by atoms with Crippen molar-refractivity contribution in [3.8, 4) is 5.75 Å². The molecule has 0 aliphatic carbocycles. The summed E-state index contributed by atoms with van der Waals surface area (Å²) < 4.78 is 10.3. The SMILES string of the molecule is COc1ccc2c(C[C@@H](NC(=O)CC(C)C)C(N)=O)cc(=O)oc2c1. The summed E-state index contributed by atoms with van der Waals surface area (Å²) in [6.07, 6.45) is 0.395. The second-order valence-corrected chi connectivity index (χ2v) is 6.28. The van der Waals surface area contributed by atoms with Crippen LogP contribution >= 0.6 is 0 Å². The molecule has 1 aromatic heterocycles. The number of nitrogens with two attached hydrogens (primary N) is 1. The number of hydrogen-bond acceptors (Lipinski definition) is 5. The average molecular weight is 346 g/mol. The molecule has 2 aromatic rings. The van der Waals surface area contributed by atoms with Gasteiger partial charge in [0.15, 0.2) is 0 Å². The second kappa shape index (κ2) is 7.83. The van der Waals surface area contributed by atoms with E-state index < -0.39 is 17.6 Å². The van der Waals surface area contributed by atoms with Gasteiger partial charge in [0.05, 0.1) is 7.11 Å². The summed E-state index contributed by atoms with van der Waals surface area (Å²) in [5.74, 6) is -0.213. The van der Waals surface area contributed by atoms with Crippen LogP contribution in [0, 0.1) is 5.92 Å². The third-order valence-electron chi connectivity index (χ3n) is 3.73. The van der Waals surface area contributed by atoms with Gasteiger partial charge in [-0.2, -0.15) is 0 Å². The van der Waals surface area contributed by atoms with Crippen molar-refractivity contribution in [3.05, 3.63) is 40.2 Å². The first-order chi connectivity index (χ1) is 11.8. The van der Waals surface area contributed by atoms with E-state index in [0.717, 1.165) is 0 Å². The molecular formula is C18H22N2O5. The van der Waals surface area contributed by atoms with Crippen LogP contribution in [0.25, 0.3) is 11.0 Å². The van der Waals surface area contributed by atoms with Crippen LogP contribution in [0.1, 0.15) is 25.8 Å². The first-order valence-corrected chi connectivity index (χ1v) is 7.99. The van der Waals surface area contributed by atoms with Crippen molar-refractivity contribution in [2.24, 2.45) is 11.7 Å². The van der Waals surface area contributed by atoms with E-state index in [-0.39, 0.29) is 18.2 Å². The predicted octanol–water partition coefficient (Wildman–Crippen LogP) is 1.36. The molecule has 7 heteroatoms. The van der Waals surface area contributed by atoms with Crippen molar-refractivity contribution in [1.29, 1.82) is 0 Å².